The van der Waals surface area contributed by atoms with Crippen molar-refractivity contribution in [1.29, 1.82) is 0 Å². The number of hydrogen-bond acceptors (Lipinski definition) is 5. The normalized spacial score (nSPS) is 18.0. The number of thiazole rings is 1. The lowest BCUT2D eigenvalue weighted by Crippen LogP contribution is -2.42. The average Bonchev–Trinajstić information content (AvgIpc) is 2.68. The van der Waals surface area contributed by atoms with Gasteiger partial charge < -0.3 is 10.2 Å². The van der Waals surface area contributed by atoms with Gasteiger partial charge in [-0.15, -0.1) is 11.3 Å². The molecule has 0 radical (unpaired) electrons. The maximum Gasteiger partial charge on any atom is 0.185 e. The Kier molecular flexibility index (Phi) is 3.56. The minimum absolute atomic E-state index is 1.05. The molecule has 1 aliphatic heterocycles. The Balaban J connectivity index is 1.91. The Morgan fingerprint density at radius 2 is 2.20 bits per heavy atom. The molecule has 0 unspecified atom stereocenters. The van der Waals surface area contributed by atoms with Crippen LogP contribution in [0.4, 0.5) is 5.13 Å². The van der Waals surface area contributed by atoms with Gasteiger partial charge in [0.15, 0.2) is 5.13 Å². The maximum atomic E-state index is 4.38. The van der Waals surface area contributed by atoms with Crippen molar-refractivity contribution in [2.45, 2.75) is 6.54 Å². The second-order valence-electron chi connectivity index (χ2n) is 4.03. The molecule has 1 aromatic heterocycles. The first-order chi connectivity index (χ1) is 7.25. The minimum atomic E-state index is 1.05. The summed E-state index contributed by atoms with van der Waals surface area (Å²) in [4.78, 5) is 10.3. The molecule has 0 aliphatic carbocycles. The molecule has 1 saturated heterocycles. The molecule has 4 nitrogen and oxygen atoms in total. The summed E-state index contributed by atoms with van der Waals surface area (Å²) in [7, 11) is 4.07. The molecule has 1 aromatic rings. The molecule has 5 heteroatoms. The van der Waals surface area contributed by atoms with Gasteiger partial charge in [-0.05, 0) is 0 Å². The van der Waals surface area contributed by atoms with Crippen molar-refractivity contribution >= 4 is 16.5 Å². The predicted octanol–water partition coefficient (Wildman–Crippen LogP) is 0.614. The van der Waals surface area contributed by atoms with Crippen LogP contribution in [0.1, 0.15) is 4.88 Å². The van der Waals surface area contributed by atoms with E-state index in [0.717, 1.165) is 37.9 Å². The first kappa shape index (κ1) is 10.9. The first-order valence-corrected chi connectivity index (χ1v) is 6.12. The molecule has 1 aliphatic rings. The van der Waals surface area contributed by atoms with Crippen molar-refractivity contribution in [3.05, 3.63) is 11.1 Å². The fraction of sp³-hybridized carbons (Fsp3) is 0.700. The van der Waals surface area contributed by atoms with Gasteiger partial charge >= 0.3 is 0 Å². The third-order valence-corrected chi connectivity index (χ3v) is 3.66. The van der Waals surface area contributed by atoms with Crippen molar-refractivity contribution < 1.29 is 0 Å². The lowest BCUT2D eigenvalue weighted by atomic mass is 10.3. The molecule has 2 heterocycles. The van der Waals surface area contributed by atoms with Gasteiger partial charge in [0.2, 0.25) is 0 Å². The second-order valence-corrected chi connectivity index (χ2v) is 5.12. The van der Waals surface area contributed by atoms with Crippen molar-refractivity contribution in [3.63, 3.8) is 0 Å². The van der Waals surface area contributed by atoms with Crippen molar-refractivity contribution in [3.8, 4) is 0 Å². The van der Waals surface area contributed by atoms with Gasteiger partial charge in [-0.25, -0.2) is 4.98 Å². The van der Waals surface area contributed by atoms with Crippen molar-refractivity contribution in [2.75, 3.05) is 45.2 Å². The molecular formula is C10H18N4S. The summed E-state index contributed by atoms with van der Waals surface area (Å²) in [6, 6.07) is 0. The van der Waals surface area contributed by atoms with Crippen molar-refractivity contribution in [2.24, 2.45) is 0 Å². The molecule has 1 N–H and O–H groups in total. The van der Waals surface area contributed by atoms with E-state index in [1.54, 1.807) is 11.3 Å². The fourth-order valence-electron chi connectivity index (χ4n) is 1.67. The third kappa shape index (κ3) is 2.90. The molecule has 0 bridgehead atoms. The minimum Gasteiger partial charge on any atom is -0.354 e. The highest BCUT2D eigenvalue weighted by molar-refractivity contribution is 7.15. The van der Waals surface area contributed by atoms with E-state index in [0.29, 0.717) is 0 Å². The number of piperazine rings is 1. The lowest BCUT2D eigenvalue weighted by molar-refractivity contribution is 0.235. The quantitative estimate of drug-likeness (QED) is 0.818. The molecule has 0 aromatic carbocycles. The van der Waals surface area contributed by atoms with Gasteiger partial charge in [0.1, 0.15) is 0 Å². The molecule has 2 rings (SSSR count). The van der Waals surface area contributed by atoms with Gasteiger partial charge in [-0.3, -0.25) is 4.90 Å². The van der Waals surface area contributed by atoms with Crippen LogP contribution in [0.25, 0.3) is 0 Å². The molecule has 0 atom stereocenters. The number of anilines is 1. The fourth-order valence-corrected chi connectivity index (χ4v) is 2.54. The van der Waals surface area contributed by atoms with Crippen LogP contribution in [0.3, 0.4) is 0 Å². The molecule has 0 saturated carbocycles. The third-order valence-electron chi connectivity index (χ3n) is 2.51. The number of nitrogens with zero attached hydrogens (tertiary/aromatic N) is 3. The predicted molar refractivity (Wildman–Crippen MR) is 64.6 cm³/mol. The van der Waals surface area contributed by atoms with Crippen molar-refractivity contribution in [1.82, 2.24) is 15.2 Å². The van der Waals surface area contributed by atoms with Gasteiger partial charge in [0.25, 0.3) is 0 Å². The highest BCUT2D eigenvalue weighted by atomic mass is 32.1. The Morgan fingerprint density at radius 3 is 2.80 bits per heavy atom. The van der Waals surface area contributed by atoms with Crippen LogP contribution >= 0.6 is 11.3 Å². The maximum absolute atomic E-state index is 4.38. The van der Waals surface area contributed by atoms with E-state index in [-0.39, 0.29) is 0 Å². The Bertz CT molecular complexity index is 304. The lowest BCUT2D eigenvalue weighted by Gasteiger charge is -2.26. The van der Waals surface area contributed by atoms with E-state index in [9.17, 15) is 0 Å². The van der Waals surface area contributed by atoms with E-state index >= 15 is 0 Å². The molecule has 84 valence electrons. The van der Waals surface area contributed by atoms with Gasteiger partial charge in [0.05, 0.1) is 0 Å². The van der Waals surface area contributed by atoms with Gasteiger partial charge in [-0.2, -0.15) is 0 Å². The smallest absolute Gasteiger partial charge is 0.185 e. The van der Waals surface area contributed by atoms with Crippen LogP contribution in [0.15, 0.2) is 6.20 Å². The van der Waals surface area contributed by atoms with Crippen LogP contribution < -0.4 is 10.2 Å². The first-order valence-electron chi connectivity index (χ1n) is 5.31. The van der Waals surface area contributed by atoms with E-state index < -0.39 is 0 Å². The summed E-state index contributed by atoms with van der Waals surface area (Å²) < 4.78 is 0. The molecular weight excluding hydrogens is 208 g/mol. The van der Waals surface area contributed by atoms with Gasteiger partial charge in [-0.1, -0.05) is 0 Å². The van der Waals surface area contributed by atoms with Crippen LogP contribution in [0.5, 0.6) is 0 Å². The van der Waals surface area contributed by atoms with E-state index in [1.165, 1.54) is 4.88 Å². The summed E-state index contributed by atoms with van der Waals surface area (Å²) in [5.74, 6) is 0. The molecule has 0 amide bonds. The summed E-state index contributed by atoms with van der Waals surface area (Å²) in [6.45, 7) is 5.57. The number of rotatable bonds is 3. The summed E-state index contributed by atoms with van der Waals surface area (Å²) >= 11 is 1.79. The standard InChI is InChI=1S/C10H18N4S/c1-13(2)10-12-7-9(15-10)8-14-5-3-11-4-6-14/h7,11H,3-6,8H2,1-2H3. The van der Waals surface area contributed by atoms with E-state index in [4.69, 9.17) is 0 Å². The highest BCUT2D eigenvalue weighted by Crippen LogP contribution is 2.21. The highest BCUT2D eigenvalue weighted by Gasteiger charge is 2.11. The topological polar surface area (TPSA) is 31.4 Å². The van der Waals surface area contributed by atoms with Gasteiger partial charge in [0, 0.05) is 57.9 Å². The van der Waals surface area contributed by atoms with E-state index in [2.05, 4.69) is 20.1 Å². The summed E-state index contributed by atoms with van der Waals surface area (Å²) in [5, 5.41) is 4.46. The summed E-state index contributed by atoms with van der Waals surface area (Å²) in [6.07, 6.45) is 2.00. The molecule has 15 heavy (non-hydrogen) atoms. The monoisotopic (exact) mass is 226 g/mol. The van der Waals surface area contributed by atoms with Crippen LogP contribution in [-0.2, 0) is 6.54 Å². The Hall–Kier alpha value is -0.650. The zero-order valence-electron chi connectivity index (χ0n) is 9.36. The number of nitrogens with one attached hydrogen (secondary N) is 1. The van der Waals surface area contributed by atoms with Crippen LogP contribution in [0, 0.1) is 0 Å². The number of aromatic nitrogens is 1. The van der Waals surface area contributed by atoms with Crippen LogP contribution in [0.2, 0.25) is 0 Å². The zero-order valence-corrected chi connectivity index (χ0v) is 10.2. The zero-order chi connectivity index (χ0) is 10.7. The second kappa shape index (κ2) is 4.92. The Morgan fingerprint density at radius 1 is 1.47 bits per heavy atom. The molecule has 1 fully saturated rings. The SMILES string of the molecule is CN(C)c1ncc(CN2CCNCC2)s1. The summed E-state index contributed by atoms with van der Waals surface area (Å²) in [5.41, 5.74) is 0. The van der Waals surface area contributed by atoms with E-state index in [1.807, 2.05) is 20.3 Å². The Labute approximate surface area is 94.9 Å². The average molecular weight is 226 g/mol. The largest absolute Gasteiger partial charge is 0.354 e. The van der Waals surface area contributed by atoms with Crippen LogP contribution in [-0.4, -0.2) is 50.2 Å². The molecule has 0 spiro atoms. The number of hydrogen-bond donors (Lipinski definition) is 1.